The third-order valence-corrected chi connectivity index (χ3v) is 3.57. The molecule has 0 heterocycles. The Balaban J connectivity index is 2.55. The molecule has 4 heteroatoms. The van der Waals surface area contributed by atoms with Gasteiger partial charge in [0.05, 0.1) is 0 Å². The van der Waals surface area contributed by atoms with Gasteiger partial charge in [-0.25, -0.2) is 0 Å². The number of nitrogens with one attached hydrogen (secondary N) is 1. The summed E-state index contributed by atoms with van der Waals surface area (Å²) in [5, 5.41) is 13.0. The standard InChI is InChI=1S/C12H17BrClNO/c1-2-11(5-6-16)15-8-9-7-10(14)3-4-12(9)13/h3-4,7,11,15-16H,2,5-6,8H2,1H3. The van der Waals surface area contributed by atoms with Crippen molar-refractivity contribution in [1.29, 1.82) is 0 Å². The van der Waals surface area contributed by atoms with Crippen LogP contribution < -0.4 is 5.32 Å². The molecule has 1 aromatic carbocycles. The van der Waals surface area contributed by atoms with E-state index in [0.717, 1.165) is 34.4 Å². The average Bonchev–Trinajstić information content (AvgIpc) is 2.28. The van der Waals surface area contributed by atoms with Crippen molar-refractivity contribution in [3.05, 3.63) is 33.3 Å². The van der Waals surface area contributed by atoms with Gasteiger partial charge in [0.2, 0.25) is 0 Å². The summed E-state index contributed by atoms with van der Waals surface area (Å²) in [5.74, 6) is 0. The normalized spacial score (nSPS) is 12.8. The van der Waals surface area contributed by atoms with Crippen LogP contribution in [0.25, 0.3) is 0 Å². The summed E-state index contributed by atoms with van der Waals surface area (Å²) in [6.45, 7) is 3.10. The first-order valence-electron chi connectivity index (χ1n) is 5.45. The second kappa shape index (κ2) is 7.28. The molecule has 0 amide bonds. The van der Waals surface area contributed by atoms with Gasteiger partial charge in [-0.1, -0.05) is 34.5 Å². The van der Waals surface area contributed by atoms with Gasteiger partial charge in [-0.05, 0) is 36.6 Å². The van der Waals surface area contributed by atoms with E-state index in [1.807, 2.05) is 18.2 Å². The van der Waals surface area contributed by atoms with Crippen LogP contribution in [0.5, 0.6) is 0 Å². The highest BCUT2D eigenvalue weighted by Crippen LogP contribution is 2.21. The summed E-state index contributed by atoms with van der Waals surface area (Å²) in [7, 11) is 0. The van der Waals surface area contributed by atoms with Gasteiger partial charge in [0.15, 0.2) is 0 Å². The summed E-state index contributed by atoms with van der Waals surface area (Å²) >= 11 is 9.43. The Morgan fingerprint density at radius 3 is 2.88 bits per heavy atom. The van der Waals surface area contributed by atoms with Crippen molar-refractivity contribution in [3.63, 3.8) is 0 Å². The minimum Gasteiger partial charge on any atom is -0.396 e. The van der Waals surface area contributed by atoms with Gasteiger partial charge in [0.25, 0.3) is 0 Å². The molecule has 16 heavy (non-hydrogen) atoms. The Hall–Kier alpha value is -0.0900. The molecule has 0 bridgehead atoms. The third kappa shape index (κ3) is 4.42. The van der Waals surface area contributed by atoms with Crippen molar-refractivity contribution < 1.29 is 5.11 Å². The van der Waals surface area contributed by atoms with Gasteiger partial charge < -0.3 is 10.4 Å². The summed E-state index contributed by atoms with van der Waals surface area (Å²) in [6, 6.07) is 6.12. The van der Waals surface area contributed by atoms with Crippen molar-refractivity contribution >= 4 is 27.5 Å². The maximum atomic E-state index is 8.89. The Morgan fingerprint density at radius 2 is 2.25 bits per heavy atom. The van der Waals surface area contributed by atoms with Gasteiger partial charge in [0.1, 0.15) is 0 Å². The summed E-state index contributed by atoms with van der Waals surface area (Å²) in [4.78, 5) is 0. The van der Waals surface area contributed by atoms with E-state index in [4.69, 9.17) is 16.7 Å². The molecule has 1 atom stereocenters. The minimum absolute atomic E-state index is 0.224. The highest BCUT2D eigenvalue weighted by Gasteiger charge is 2.06. The van der Waals surface area contributed by atoms with E-state index < -0.39 is 0 Å². The number of hydrogen-bond acceptors (Lipinski definition) is 2. The lowest BCUT2D eigenvalue weighted by Crippen LogP contribution is -2.28. The summed E-state index contributed by atoms with van der Waals surface area (Å²) in [6.07, 6.45) is 1.80. The predicted molar refractivity (Wildman–Crippen MR) is 71.8 cm³/mol. The topological polar surface area (TPSA) is 32.3 Å². The molecule has 1 aromatic rings. The lowest BCUT2D eigenvalue weighted by molar-refractivity contribution is 0.262. The average molecular weight is 307 g/mol. The number of halogens is 2. The summed E-state index contributed by atoms with van der Waals surface area (Å²) in [5.41, 5.74) is 1.14. The van der Waals surface area contributed by atoms with Crippen LogP contribution in [0.2, 0.25) is 5.02 Å². The molecule has 0 aliphatic rings. The van der Waals surface area contributed by atoms with Crippen LogP contribution >= 0.6 is 27.5 Å². The highest BCUT2D eigenvalue weighted by molar-refractivity contribution is 9.10. The zero-order valence-electron chi connectivity index (χ0n) is 9.34. The van der Waals surface area contributed by atoms with Gasteiger partial charge in [-0.2, -0.15) is 0 Å². The molecular formula is C12H17BrClNO. The molecule has 0 saturated heterocycles. The first kappa shape index (κ1) is 14.0. The Labute approximate surface area is 110 Å². The quantitative estimate of drug-likeness (QED) is 0.845. The first-order chi connectivity index (χ1) is 7.67. The van der Waals surface area contributed by atoms with Gasteiger partial charge in [0, 0.05) is 28.7 Å². The first-order valence-corrected chi connectivity index (χ1v) is 6.62. The molecule has 0 aliphatic heterocycles. The van der Waals surface area contributed by atoms with Crippen molar-refractivity contribution in [2.45, 2.75) is 32.4 Å². The van der Waals surface area contributed by atoms with E-state index in [2.05, 4.69) is 28.2 Å². The second-order valence-electron chi connectivity index (χ2n) is 3.73. The molecule has 90 valence electrons. The van der Waals surface area contributed by atoms with E-state index in [0.29, 0.717) is 6.04 Å². The van der Waals surface area contributed by atoms with E-state index in [9.17, 15) is 0 Å². The van der Waals surface area contributed by atoms with E-state index in [1.165, 1.54) is 0 Å². The Morgan fingerprint density at radius 1 is 1.50 bits per heavy atom. The van der Waals surface area contributed by atoms with Gasteiger partial charge in [-0.15, -0.1) is 0 Å². The van der Waals surface area contributed by atoms with Crippen LogP contribution in [0.1, 0.15) is 25.3 Å². The van der Waals surface area contributed by atoms with Gasteiger partial charge in [-0.3, -0.25) is 0 Å². The predicted octanol–water partition coefficient (Wildman–Crippen LogP) is 3.35. The Kier molecular flexibility index (Phi) is 6.36. The van der Waals surface area contributed by atoms with Crippen LogP contribution in [0.4, 0.5) is 0 Å². The van der Waals surface area contributed by atoms with Crippen LogP contribution in [-0.2, 0) is 6.54 Å². The van der Waals surface area contributed by atoms with Crippen molar-refractivity contribution in [1.82, 2.24) is 5.32 Å². The second-order valence-corrected chi connectivity index (χ2v) is 5.02. The fourth-order valence-corrected chi connectivity index (χ4v) is 2.12. The van der Waals surface area contributed by atoms with Gasteiger partial charge >= 0.3 is 0 Å². The molecule has 0 aliphatic carbocycles. The highest BCUT2D eigenvalue weighted by atomic mass is 79.9. The smallest absolute Gasteiger partial charge is 0.0445 e. The molecule has 0 saturated carbocycles. The number of benzene rings is 1. The maximum absolute atomic E-state index is 8.89. The van der Waals surface area contributed by atoms with Crippen LogP contribution in [0.3, 0.4) is 0 Å². The van der Waals surface area contributed by atoms with E-state index >= 15 is 0 Å². The molecule has 0 spiro atoms. The Bertz CT molecular complexity index is 333. The zero-order chi connectivity index (χ0) is 12.0. The van der Waals surface area contributed by atoms with E-state index in [1.54, 1.807) is 0 Å². The molecule has 1 unspecified atom stereocenters. The number of rotatable bonds is 6. The fraction of sp³-hybridized carbons (Fsp3) is 0.500. The molecule has 0 fully saturated rings. The largest absolute Gasteiger partial charge is 0.396 e. The monoisotopic (exact) mass is 305 g/mol. The number of hydrogen-bond donors (Lipinski definition) is 2. The van der Waals surface area contributed by atoms with Crippen molar-refractivity contribution in [2.24, 2.45) is 0 Å². The molecule has 2 nitrogen and oxygen atoms in total. The molecule has 2 N–H and O–H groups in total. The summed E-state index contributed by atoms with van der Waals surface area (Å²) < 4.78 is 1.06. The minimum atomic E-state index is 0.224. The molecule has 0 aromatic heterocycles. The van der Waals surface area contributed by atoms with Crippen molar-refractivity contribution in [2.75, 3.05) is 6.61 Å². The van der Waals surface area contributed by atoms with Crippen LogP contribution in [0, 0.1) is 0 Å². The van der Waals surface area contributed by atoms with Crippen LogP contribution in [-0.4, -0.2) is 17.8 Å². The third-order valence-electron chi connectivity index (χ3n) is 2.56. The number of aliphatic hydroxyl groups excluding tert-OH is 1. The lowest BCUT2D eigenvalue weighted by Gasteiger charge is -2.16. The molecule has 0 radical (unpaired) electrons. The zero-order valence-corrected chi connectivity index (χ0v) is 11.7. The molecular weight excluding hydrogens is 289 g/mol. The lowest BCUT2D eigenvalue weighted by atomic mass is 10.1. The number of aliphatic hydroxyl groups is 1. The van der Waals surface area contributed by atoms with Crippen LogP contribution in [0.15, 0.2) is 22.7 Å². The molecule has 1 rings (SSSR count). The SMILES string of the molecule is CCC(CCO)NCc1cc(Cl)ccc1Br. The van der Waals surface area contributed by atoms with Crippen molar-refractivity contribution in [3.8, 4) is 0 Å². The fourth-order valence-electron chi connectivity index (χ4n) is 1.54. The van der Waals surface area contributed by atoms with E-state index in [-0.39, 0.29) is 6.61 Å². The maximum Gasteiger partial charge on any atom is 0.0445 e.